The Hall–Kier alpha value is -1.63. The fourth-order valence-corrected chi connectivity index (χ4v) is 4.14. The van der Waals surface area contributed by atoms with Crippen molar-refractivity contribution in [3.8, 4) is 0 Å². The Morgan fingerprint density at radius 1 is 1.25 bits per heavy atom. The molecule has 7 nitrogen and oxygen atoms in total. The van der Waals surface area contributed by atoms with Gasteiger partial charge in [-0.2, -0.15) is 0 Å². The molecule has 3 rings (SSSR count). The van der Waals surface area contributed by atoms with E-state index >= 15 is 0 Å². The Balaban J connectivity index is 1.66. The third-order valence-electron chi connectivity index (χ3n) is 5.91. The molecule has 3 aliphatic rings. The van der Waals surface area contributed by atoms with Gasteiger partial charge in [0.25, 0.3) is 5.91 Å². The smallest absolute Gasteiger partial charge is 0.325 e. The number of nitrogens with zero attached hydrogens (tertiary/aromatic N) is 2. The van der Waals surface area contributed by atoms with Crippen LogP contribution < -0.4 is 11.1 Å². The van der Waals surface area contributed by atoms with Crippen molar-refractivity contribution in [1.29, 1.82) is 0 Å². The molecule has 7 heteroatoms. The summed E-state index contributed by atoms with van der Waals surface area (Å²) in [5.74, 6) is -0.403. The highest BCUT2D eigenvalue weighted by Crippen LogP contribution is 2.34. The van der Waals surface area contributed by atoms with Gasteiger partial charge in [0, 0.05) is 19.1 Å². The van der Waals surface area contributed by atoms with E-state index < -0.39 is 11.6 Å². The quantitative estimate of drug-likeness (QED) is 0.730. The molecule has 2 aliphatic heterocycles. The standard InChI is InChI=1S/C17H28N4O3/c1-16(2)11-20(9-6-12(16)18)13(22)10-21-14(23)17(19-15(21)24)7-4-3-5-8-17/h12H,3-11,18H2,1-2H3,(H,19,24). The van der Waals surface area contributed by atoms with Crippen LogP contribution >= 0.6 is 0 Å². The van der Waals surface area contributed by atoms with Crippen LogP contribution in [-0.4, -0.2) is 58.9 Å². The molecule has 134 valence electrons. The normalized spacial score (nSPS) is 29.0. The maximum Gasteiger partial charge on any atom is 0.325 e. The highest BCUT2D eigenvalue weighted by atomic mass is 16.2. The third-order valence-corrected chi connectivity index (χ3v) is 5.91. The first-order chi connectivity index (χ1) is 11.3. The highest BCUT2D eigenvalue weighted by Gasteiger charge is 2.52. The number of piperidine rings is 1. The monoisotopic (exact) mass is 336 g/mol. The Morgan fingerprint density at radius 3 is 2.54 bits per heavy atom. The lowest BCUT2D eigenvalue weighted by molar-refractivity contribution is -0.141. The third kappa shape index (κ3) is 2.90. The fraction of sp³-hybridized carbons (Fsp3) is 0.824. The number of urea groups is 1. The van der Waals surface area contributed by atoms with Gasteiger partial charge in [-0.1, -0.05) is 33.1 Å². The second kappa shape index (κ2) is 6.02. The van der Waals surface area contributed by atoms with Gasteiger partial charge in [-0.15, -0.1) is 0 Å². The van der Waals surface area contributed by atoms with Gasteiger partial charge in [0.2, 0.25) is 5.91 Å². The minimum absolute atomic E-state index is 0.0591. The van der Waals surface area contributed by atoms with Gasteiger partial charge in [-0.25, -0.2) is 4.79 Å². The fourth-order valence-electron chi connectivity index (χ4n) is 4.14. The molecule has 0 aromatic heterocycles. The Kier molecular flexibility index (Phi) is 4.32. The summed E-state index contributed by atoms with van der Waals surface area (Å²) in [4.78, 5) is 40.5. The van der Waals surface area contributed by atoms with E-state index in [0.717, 1.165) is 30.6 Å². The number of carbonyl (C=O) groups is 3. The lowest BCUT2D eigenvalue weighted by atomic mass is 9.79. The summed E-state index contributed by atoms with van der Waals surface area (Å²) >= 11 is 0. The Bertz CT molecular complexity index is 554. The molecule has 3 fully saturated rings. The molecule has 2 heterocycles. The van der Waals surface area contributed by atoms with E-state index in [1.54, 1.807) is 4.90 Å². The van der Waals surface area contributed by atoms with Crippen molar-refractivity contribution in [2.24, 2.45) is 11.1 Å². The molecule has 1 aliphatic carbocycles. The number of nitrogens with two attached hydrogens (primary N) is 1. The molecule has 1 spiro atoms. The van der Waals surface area contributed by atoms with E-state index in [1.165, 1.54) is 0 Å². The molecule has 0 aromatic rings. The molecule has 0 aromatic carbocycles. The highest BCUT2D eigenvalue weighted by molar-refractivity contribution is 6.09. The number of hydrogen-bond acceptors (Lipinski definition) is 4. The van der Waals surface area contributed by atoms with E-state index in [4.69, 9.17) is 5.73 Å². The SMILES string of the molecule is CC1(C)CN(C(=O)CN2C(=O)NC3(CCCCC3)C2=O)CCC1N. The maximum atomic E-state index is 12.7. The molecule has 1 atom stereocenters. The van der Waals surface area contributed by atoms with Crippen molar-refractivity contribution in [3.05, 3.63) is 0 Å². The zero-order valence-electron chi connectivity index (χ0n) is 14.6. The van der Waals surface area contributed by atoms with Crippen molar-refractivity contribution < 1.29 is 14.4 Å². The summed E-state index contributed by atoms with van der Waals surface area (Å²) in [5, 5.41) is 2.85. The minimum Gasteiger partial charge on any atom is -0.340 e. The summed E-state index contributed by atoms with van der Waals surface area (Å²) in [5.41, 5.74) is 5.19. The first-order valence-corrected chi connectivity index (χ1v) is 8.93. The molecule has 24 heavy (non-hydrogen) atoms. The zero-order valence-corrected chi connectivity index (χ0v) is 14.6. The average Bonchev–Trinajstić information content (AvgIpc) is 2.75. The number of nitrogens with one attached hydrogen (secondary N) is 1. The molecule has 0 radical (unpaired) electrons. The Labute approximate surface area is 142 Å². The lowest BCUT2D eigenvalue weighted by Gasteiger charge is -2.42. The van der Waals surface area contributed by atoms with Gasteiger partial charge < -0.3 is 16.0 Å². The maximum absolute atomic E-state index is 12.7. The lowest BCUT2D eigenvalue weighted by Crippen LogP contribution is -2.56. The summed E-state index contributed by atoms with van der Waals surface area (Å²) in [7, 11) is 0. The van der Waals surface area contributed by atoms with Gasteiger partial charge in [0.05, 0.1) is 0 Å². The molecule has 0 bridgehead atoms. The number of hydrogen-bond donors (Lipinski definition) is 2. The number of rotatable bonds is 2. The zero-order chi connectivity index (χ0) is 17.5. The molecule has 4 amide bonds. The van der Waals surface area contributed by atoms with E-state index in [1.807, 2.05) is 13.8 Å². The van der Waals surface area contributed by atoms with Gasteiger partial charge in [-0.3, -0.25) is 14.5 Å². The first kappa shape index (κ1) is 17.2. The van der Waals surface area contributed by atoms with Gasteiger partial charge in [0.1, 0.15) is 12.1 Å². The van der Waals surface area contributed by atoms with Crippen LogP contribution in [0.1, 0.15) is 52.4 Å². The average molecular weight is 336 g/mol. The van der Waals surface area contributed by atoms with Gasteiger partial charge in [-0.05, 0) is 24.7 Å². The van der Waals surface area contributed by atoms with Crippen molar-refractivity contribution in [3.63, 3.8) is 0 Å². The molecular weight excluding hydrogens is 308 g/mol. The van der Waals surface area contributed by atoms with Crippen LogP contribution in [0.2, 0.25) is 0 Å². The number of likely N-dealkylation sites (tertiary alicyclic amines) is 1. The van der Waals surface area contributed by atoms with Crippen LogP contribution in [0, 0.1) is 5.41 Å². The topological polar surface area (TPSA) is 95.7 Å². The summed E-state index contributed by atoms with van der Waals surface area (Å²) in [6, 6.07) is -0.369. The van der Waals surface area contributed by atoms with Gasteiger partial charge in [0.15, 0.2) is 0 Å². The molecule has 1 unspecified atom stereocenters. The van der Waals surface area contributed by atoms with Crippen LogP contribution in [0.25, 0.3) is 0 Å². The van der Waals surface area contributed by atoms with Crippen molar-refractivity contribution >= 4 is 17.8 Å². The molecule has 1 saturated carbocycles. The van der Waals surface area contributed by atoms with Gasteiger partial charge >= 0.3 is 6.03 Å². The number of imide groups is 1. The molecule has 3 N–H and O–H groups in total. The minimum atomic E-state index is -0.765. The molecular formula is C17H28N4O3. The van der Waals surface area contributed by atoms with E-state index in [2.05, 4.69) is 5.32 Å². The summed E-state index contributed by atoms with van der Waals surface area (Å²) < 4.78 is 0. The van der Waals surface area contributed by atoms with Crippen LogP contribution in [0.3, 0.4) is 0 Å². The Morgan fingerprint density at radius 2 is 1.92 bits per heavy atom. The second-order valence-electron chi connectivity index (χ2n) is 8.16. The van der Waals surface area contributed by atoms with Crippen LogP contribution in [-0.2, 0) is 9.59 Å². The number of carbonyl (C=O) groups excluding carboxylic acids is 3. The number of amides is 4. The summed E-state index contributed by atoms with van der Waals surface area (Å²) in [6.07, 6.45) is 5.05. The van der Waals surface area contributed by atoms with Crippen LogP contribution in [0.5, 0.6) is 0 Å². The predicted molar refractivity (Wildman–Crippen MR) is 89.0 cm³/mol. The van der Waals surface area contributed by atoms with Crippen LogP contribution in [0.15, 0.2) is 0 Å². The van der Waals surface area contributed by atoms with Crippen LogP contribution in [0.4, 0.5) is 4.79 Å². The second-order valence-corrected chi connectivity index (χ2v) is 8.16. The first-order valence-electron chi connectivity index (χ1n) is 8.93. The van der Waals surface area contributed by atoms with Crippen molar-refractivity contribution in [1.82, 2.24) is 15.1 Å². The summed E-state index contributed by atoms with van der Waals surface area (Å²) in [6.45, 7) is 5.06. The van der Waals surface area contributed by atoms with E-state index in [9.17, 15) is 14.4 Å². The van der Waals surface area contributed by atoms with E-state index in [0.29, 0.717) is 25.9 Å². The molecule has 2 saturated heterocycles. The van der Waals surface area contributed by atoms with Crippen molar-refractivity contribution in [2.75, 3.05) is 19.6 Å². The van der Waals surface area contributed by atoms with Crippen molar-refractivity contribution in [2.45, 2.75) is 64.0 Å². The predicted octanol–water partition coefficient (Wildman–Crippen LogP) is 0.827. The largest absolute Gasteiger partial charge is 0.340 e. The van der Waals surface area contributed by atoms with E-state index in [-0.39, 0.29) is 29.8 Å².